The average Bonchev–Trinajstić information content (AvgIpc) is 2.28. The van der Waals surface area contributed by atoms with E-state index in [1.165, 1.54) is 22.5 Å². The lowest BCUT2D eigenvalue weighted by Gasteiger charge is -2.29. The molecule has 0 unspecified atom stereocenters. The van der Waals surface area contributed by atoms with Crippen molar-refractivity contribution in [3.05, 3.63) is 28.2 Å². The summed E-state index contributed by atoms with van der Waals surface area (Å²) in [4.78, 5) is 0.135. The Bertz CT molecular complexity index is 523. The Morgan fingerprint density at radius 1 is 1.11 bits per heavy atom. The number of sulfonamides is 1. The quantitative estimate of drug-likeness (QED) is 0.896. The summed E-state index contributed by atoms with van der Waals surface area (Å²) < 4.78 is 26.2. The molecule has 8 heteroatoms. The number of benzene rings is 1. The van der Waals surface area contributed by atoms with Crippen molar-refractivity contribution in [1.29, 1.82) is 0 Å². The summed E-state index contributed by atoms with van der Waals surface area (Å²) in [7, 11) is -3.52. The molecule has 1 fully saturated rings. The van der Waals surface area contributed by atoms with Crippen molar-refractivity contribution in [2.45, 2.75) is 23.8 Å². The van der Waals surface area contributed by atoms with Crippen molar-refractivity contribution in [1.82, 2.24) is 4.31 Å². The van der Waals surface area contributed by atoms with Gasteiger partial charge < -0.3 is 5.73 Å². The van der Waals surface area contributed by atoms with Crippen molar-refractivity contribution >= 4 is 45.6 Å². The largest absolute Gasteiger partial charge is 0.328 e. The molecule has 1 aliphatic heterocycles. The van der Waals surface area contributed by atoms with Crippen molar-refractivity contribution in [3.63, 3.8) is 0 Å². The Morgan fingerprint density at radius 2 is 1.58 bits per heavy atom. The van der Waals surface area contributed by atoms with Gasteiger partial charge in [0.05, 0.1) is 4.90 Å². The third-order valence-electron chi connectivity index (χ3n) is 2.97. The van der Waals surface area contributed by atoms with Gasteiger partial charge in [-0.3, -0.25) is 0 Å². The van der Waals surface area contributed by atoms with Gasteiger partial charge in [0.25, 0.3) is 0 Å². The first-order valence-electron chi connectivity index (χ1n) is 5.61. The molecule has 0 saturated carbocycles. The number of piperidine rings is 1. The van der Waals surface area contributed by atoms with E-state index >= 15 is 0 Å². The summed E-state index contributed by atoms with van der Waals surface area (Å²) in [6.07, 6.45) is 1.35. The van der Waals surface area contributed by atoms with Crippen molar-refractivity contribution < 1.29 is 8.42 Å². The lowest BCUT2D eigenvalue weighted by Crippen LogP contribution is -2.42. The molecule has 1 aliphatic rings. The minimum Gasteiger partial charge on any atom is -0.328 e. The molecule has 1 heterocycles. The Labute approximate surface area is 129 Å². The monoisotopic (exact) mass is 344 g/mol. The van der Waals surface area contributed by atoms with E-state index in [0.717, 1.165) is 0 Å². The normalized spacial score (nSPS) is 18.1. The minimum atomic E-state index is -3.52. The molecule has 108 valence electrons. The number of hydrogen-bond acceptors (Lipinski definition) is 3. The van der Waals surface area contributed by atoms with Gasteiger partial charge >= 0.3 is 0 Å². The van der Waals surface area contributed by atoms with E-state index < -0.39 is 10.0 Å². The van der Waals surface area contributed by atoms with E-state index in [-0.39, 0.29) is 23.3 Å². The first-order chi connectivity index (χ1) is 8.39. The van der Waals surface area contributed by atoms with Crippen LogP contribution >= 0.6 is 35.6 Å². The van der Waals surface area contributed by atoms with Gasteiger partial charge in [0.15, 0.2) is 0 Å². The smallest absolute Gasteiger partial charge is 0.243 e. The molecule has 2 rings (SSSR count). The van der Waals surface area contributed by atoms with Crippen molar-refractivity contribution in [2.75, 3.05) is 13.1 Å². The second-order valence-corrected chi connectivity index (χ2v) is 7.16. The minimum absolute atomic E-state index is 0. The maximum Gasteiger partial charge on any atom is 0.243 e. The van der Waals surface area contributed by atoms with Gasteiger partial charge in [-0.1, -0.05) is 23.2 Å². The fourth-order valence-corrected chi connectivity index (χ4v) is 4.14. The second-order valence-electron chi connectivity index (χ2n) is 4.35. The highest BCUT2D eigenvalue weighted by atomic mass is 35.5. The standard InChI is InChI=1S/C11H14Cl2N2O2S.ClH/c12-8-5-9(13)7-11(6-8)18(16,17)15-3-1-10(14)2-4-15;/h5-7,10H,1-4,14H2;1H. The van der Waals surface area contributed by atoms with Crippen LogP contribution in [0.2, 0.25) is 10.0 Å². The highest BCUT2D eigenvalue weighted by Gasteiger charge is 2.28. The fourth-order valence-electron chi connectivity index (χ4n) is 1.94. The third kappa shape index (κ3) is 3.97. The van der Waals surface area contributed by atoms with E-state index in [4.69, 9.17) is 28.9 Å². The molecular weight excluding hydrogens is 331 g/mol. The van der Waals surface area contributed by atoms with Crippen LogP contribution in [-0.2, 0) is 10.0 Å². The molecule has 4 nitrogen and oxygen atoms in total. The van der Waals surface area contributed by atoms with Crippen LogP contribution in [0.1, 0.15) is 12.8 Å². The van der Waals surface area contributed by atoms with Gasteiger partial charge in [0, 0.05) is 29.2 Å². The molecule has 0 atom stereocenters. The zero-order valence-electron chi connectivity index (χ0n) is 10.1. The third-order valence-corrected chi connectivity index (χ3v) is 5.29. The zero-order valence-corrected chi connectivity index (χ0v) is 13.2. The van der Waals surface area contributed by atoms with Crippen LogP contribution in [0, 0.1) is 0 Å². The van der Waals surface area contributed by atoms with Crippen LogP contribution in [0.25, 0.3) is 0 Å². The van der Waals surface area contributed by atoms with Crippen LogP contribution in [0.4, 0.5) is 0 Å². The summed E-state index contributed by atoms with van der Waals surface area (Å²) >= 11 is 11.7. The zero-order chi connectivity index (χ0) is 13.3. The predicted molar refractivity (Wildman–Crippen MR) is 79.7 cm³/mol. The van der Waals surface area contributed by atoms with Crippen LogP contribution in [-0.4, -0.2) is 31.9 Å². The maximum absolute atomic E-state index is 12.4. The van der Waals surface area contributed by atoms with Gasteiger partial charge in [-0.2, -0.15) is 4.31 Å². The van der Waals surface area contributed by atoms with E-state index in [2.05, 4.69) is 0 Å². The van der Waals surface area contributed by atoms with Gasteiger partial charge in [-0.25, -0.2) is 8.42 Å². The SMILES string of the molecule is Cl.NC1CCN(S(=O)(=O)c2cc(Cl)cc(Cl)c2)CC1. The summed E-state index contributed by atoms with van der Waals surface area (Å²) in [5.41, 5.74) is 5.76. The first-order valence-corrected chi connectivity index (χ1v) is 7.81. The molecule has 1 saturated heterocycles. The number of nitrogens with two attached hydrogens (primary N) is 1. The Balaban J connectivity index is 0.00000180. The maximum atomic E-state index is 12.4. The van der Waals surface area contributed by atoms with Gasteiger partial charge in [0.2, 0.25) is 10.0 Å². The van der Waals surface area contributed by atoms with Gasteiger partial charge in [-0.05, 0) is 31.0 Å². The molecule has 2 N–H and O–H groups in total. The molecule has 1 aromatic carbocycles. The van der Waals surface area contributed by atoms with Crippen LogP contribution in [0.3, 0.4) is 0 Å². The van der Waals surface area contributed by atoms with E-state index in [9.17, 15) is 8.42 Å². The topological polar surface area (TPSA) is 63.4 Å². The van der Waals surface area contributed by atoms with Gasteiger partial charge in [-0.15, -0.1) is 12.4 Å². The lowest BCUT2D eigenvalue weighted by atomic mass is 10.1. The highest BCUT2D eigenvalue weighted by Crippen LogP contribution is 2.26. The molecule has 1 aromatic rings. The predicted octanol–water partition coefficient (Wildman–Crippen LogP) is 2.53. The summed E-state index contributed by atoms with van der Waals surface area (Å²) in [6.45, 7) is 0.876. The summed E-state index contributed by atoms with van der Waals surface area (Å²) in [5, 5.41) is 0.629. The first kappa shape index (κ1) is 17.0. The lowest BCUT2D eigenvalue weighted by molar-refractivity contribution is 0.320. The molecule has 0 aliphatic carbocycles. The van der Waals surface area contributed by atoms with Gasteiger partial charge in [0.1, 0.15) is 0 Å². The van der Waals surface area contributed by atoms with E-state index in [1.54, 1.807) is 0 Å². The molecule has 0 radical (unpaired) electrons. The molecular formula is C11H15Cl3N2O2S. The summed E-state index contributed by atoms with van der Waals surface area (Å²) in [6, 6.07) is 4.42. The highest BCUT2D eigenvalue weighted by molar-refractivity contribution is 7.89. The van der Waals surface area contributed by atoms with Crippen LogP contribution in [0.15, 0.2) is 23.1 Å². The van der Waals surface area contributed by atoms with Crippen molar-refractivity contribution in [2.24, 2.45) is 5.73 Å². The van der Waals surface area contributed by atoms with E-state index in [1.807, 2.05) is 0 Å². The van der Waals surface area contributed by atoms with Crippen molar-refractivity contribution in [3.8, 4) is 0 Å². The molecule has 19 heavy (non-hydrogen) atoms. The molecule has 0 amide bonds. The fraction of sp³-hybridized carbons (Fsp3) is 0.455. The average molecular weight is 346 g/mol. The van der Waals surface area contributed by atoms with Crippen LogP contribution in [0.5, 0.6) is 0 Å². The molecule has 0 aromatic heterocycles. The van der Waals surface area contributed by atoms with Crippen LogP contribution < -0.4 is 5.73 Å². The second kappa shape index (κ2) is 6.61. The Hall–Kier alpha value is -0.0400. The number of hydrogen-bond donors (Lipinski definition) is 1. The van der Waals surface area contributed by atoms with E-state index in [0.29, 0.717) is 36.0 Å². The Morgan fingerprint density at radius 3 is 2.05 bits per heavy atom. The number of nitrogens with zero attached hydrogens (tertiary/aromatic N) is 1. The number of halogens is 3. The number of rotatable bonds is 2. The Kier molecular flexibility index (Phi) is 5.92. The molecule has 0 bridgehead atoms. The summed E-state index contributed by atoms with van der Waals surface area (Å²) in [5.74, 6) is 0. The molecule has 0 spiro atoms.